The quantitative estimate of drug-likeness (QED) is 0.301. The largest absolute Gasteiger partial charge is 0.394 e. The van der Waals surface area contributed by atoms with Crippen molar-refractivity contribution in [2.45, 2.75) is 55.4 Å². The molecule has 2 fully saturated rings. The summed E-state index contributed by atoms with van der Waals surface area (Å²) in [6, 6.07) is -0.828. The molecule has 1 aliphatic carbocycles. The van der Waals surface area contributed by atoms with Gasteiger partial charge in [-0.2, -0.15) is 0 Å². The number of methoxy groups -OCH3 is 1. The Kier molecular flexibility index (Phi) is 6.11. The molecular formula is C13H26N2O7. The fraction of sp³-hybridized carbons (Fsp3) is 1.00. The number of hydrogen-bond donors (Lipinski definition) is 6. The van der Waals surface area contributed by atoms with Gasteiger partial charge in [0.2, 0.25) is 0 Å². The van der Waals surface area contributed by atoms with Crippen molar-refractivity contribution in [3.8, 4) is 0 Å². The molecule has 0 aromatic heterocycles. The molecule has 1 aliphatic heterocycles. The lowest BCUT2D eigenvalue weighted by atomic mass is 9.79. The molecule has 9 heteroatoms. The van der Waals surface area contributed by atoms with Crippen LogP contribution in [0, 0.1) is 5.92 Å². The molecule has 130 valence electrons. The van der Waals surface area contributed by atoms with Crippen molar-refractivity contribution in [2.75, 3.05) is 20.3 Å². The minimum atomic E-state index is -1.17. The SMILES string of the molecule is COC1O[C@H](CO)[C@@H](O[C@H]2C[C@@H](CN)[C@@H](O)[C@H](O)[C@H]2N)[C@H]1O. The van der Waals surface area contributed by atoms with E-state index in [9.17, 15) is 20.4 Å². The molecule has 1 heterocycles. The molecule has 0 aromatic rings. The predicted molar refractivity (Wildman–Crippen MR) is 74.6 cm³/mol. The van der Waals surface area contributed by atoms with Crippen LogP contribution in [0.4, 0.5) is 0 Å². The van der Waals surface area contributed by atoms with E-state index in [0.717, 1.165) is 0 Å². The third-order valence-electron chi connectivity index (χ3n) is 4.53. The molecule has 8 N–H and O–H groups in total. The lowest BCUT2D eigenvalue weighted by Crippen LogP contribution is -2.61. The van der Waals surface area contributed by atoms with Gasteiger partial charge >= 0.3 is 0 Å². The molecule has 0 radical (unpaired) electrons. The molecular weight excluding hydrogens is 296 g/mol. The maximum absolute atomic E-state index is 10.1. The summed E-state index contributed by atoms with van der Waals surface area (Å²) in [6.07, 6.45) is -6.05. The summed E-state index contributed by atoms with van der Waals surface area (Å²) in [7, 11) is 1.38. The molecule has 2 rings (SSSR count). The maximum atomic E-state index is 10.1. The van der Waals surface area contributed by atoms with Crippen LogP contribution in [0.5, 0.6) is 0 Å². The Bertz CT molecular complexity index is 357. The van der Waals surface area contributed by atoms with Gasteiger partial charge in [0.05, 0.1) is 31.0 Å². The van der Waals surface area contributed by atoms with E-state index < -0.39 is 49.0 Å². The average molecular weight is 322 g/mol. The molecule has 0 spiro atoms. The van der Waals surface area contributed by atoms with Crippen LogP contribution in [0.1, 0.15) is 6.42 Å². The first-order chi connectivity index (χ1) is 10.4. The zero-order chi connectivity index (χ0) is 16.4. The van der Waals surface area contributed by atoms with E-state index in [2.05, 4.69) is 0 Å². The minimum Gasteiger partial charge on any atom is -0.394 e. The van der Waals surface area contributed by atoms with Crippen molar-refractivity contribution in [3.63, 3.8) is 0 Å². The summed E-state index contributed by atoms with van der Waals surface area (Å²) in [5.74, 6) is -0.356. The van der Waals surface area contributed by atoms with Crippen LogP contribution in [0.25, 0.3) is 0 Å². The van der Waals surface area contributed by atoms with Gasteiger partial charge in [0.1, 0.15) is 18.3 Å². The Balaban J connectivity index is 2.07. The van der Waals surface area contributed by atoms with Crippen LogP contribution < -0.4 is 11.5 Å². The Morgan fingerprint density at radius 2 is 1.86 bits per heavy atom. The molecule has 2 aliphatic rings. The van der Waals surface area contributed by atoms with Crippen LogP contribution in [-0.4, -0.2) is 89.6 Å². The van der Waals surface area contributed by atoms with Crippen molar-refractivity contribution in [2.24, 2.45) is 17.4 Å². The Morgan fingerprint density at radius 3 is 2.41 bits per heavy atom. The summed E-state index contributed by atoms with van der Waals surface area (Å²) in [5.41, 5.74) is 11.5. The van der Waals surface area contributed by atoms with Gasteiger partial charge in [-0.05, 0) is 13.0 Å². The predicted octanol–water partition coefficient (Wildman–Crippen LogP) is -3.51. The van der Waals surface area contributed by atoms with Gasteiger partial charge < -0.3 is 46.1 Å². The third kappa shape index (κ3) is 3.28. The highest BCUT2D eigenvalue weighted by Crippen LogP contribution is 2.31. The number of aliphatic hydroxyl groups excluding tert-OH is 4. The molecule has 9 atom stereocenters. The van der Waals surface area contributed by atoms with Crippen LogP contribution in [0.3, 0.4) is 0 Å². The van der Waals surface area contributed by atoms with Crippen molar-refractivity contribution < 1.29 is 34.6 Å². The number of aliphatic hydroxyl groups is 4. The molecule has 9 nitrogen and oxygen atoms in total. The summed E-state index contributed by atoms with van der Waals surface area (Å²) in [5, 5.41) is 39.4. The van der Waals surface area contributed by atoms with Crippen molar-refractivity contribution in [3.05, 3.63) is 0 Å². The number of hydrogen-bond acceptors (Lipinski definition) is 9. The van der Waals surface area contributed by atoms with Crippen molar-refractivity contribution >= 4 is 0 Å². The highest BCUT2D eigenvalue weighted by molar-refractivity contribution is 4.98. The van der Waals surface area contributed by atoms with Gasteiger partial charge in [0.15, 0.2) is 6.29 Å². The molecule has 22 heavy (non-hydrogen) atoms. The first kappa shape index (κ1) is 18.0. The monoisotopic (exact) mass is 322 g/mol. The summed E-state index contributed by atoms with van der Waals surface area (Å²) < 4.78 is 16.1. The van der Waals surface area contributed by atoms with Gasteiger partial charge in [0, 0.05) is 13.0 Å². The van der Waals surface area contributed by atoms with E-state index in [1.54, 1.807) is 0 Å². The van der Waals surface area contributed by atoms with E-state index in [1.165, 1.54) is 7.11 Å². The molecule has 0 aromatic carbocycles. The van der Waals surface area contributed by atoms with Gasteiger partial charge in [-0.3, -0.25) is 0 Å². The van der Waals surface area contributed by atoms with Crippen LogP contribution >= 0.6 is 0 Å². The van der Waals surface area contributed by atoms with Gasteiger partial charge in [0.25, 0.3) is 0 Å². The van der Waals surface area contributed by atoms with E-state index in [4.69, 9.17) is 25.7 Å². The van der Waals surface area contributed by atoms with Crippen LogP contribution in [-0.2, 0) is 14.2 Å². The lowest BCUT2D eigenvalue weighted by molar-refractivity contribution is -0.155. The zero-order valence-electron chi connectivity index (χ0n) is 12.5. The maximum Gasteiger partial charge on any atom is 0.186 e. The van der Waals surface area contributed by atoms with Crippen molar-refractivity contribution in [1.29, 1.82) is 0 Å². The van der Waals surface area contributed by atoms with Crippen LogP contribution in [0.15, 0.2) is 0 Å². The smallest absolute Gasteiger partial charge is 0.186 e. The second-order valence-corrected chi connectivity index (χ2v) is 5.88. The topological polar surface area (TPSA) is 161 Å². The van der Waals surface area contributed by atoms with E-state index >= 15 is 0 Å². The molecule has 1 saturated carbocycles. The summed E-state index contributed by atoms with van der Waals surface area (Å²) in [6.45, 7) is -0.173. The van der Waals surface area contributed by atoms with Crippen molar-refractivity contribution in [1.82, 2.24) is 0 Å². The molecule has 0 bridgehead atoms. The fourth-order valence-corrected chi connectivity index (χ4v) is 3.12. The Hall–Kier alpha value is -0.360. The number of rotatable bonds is 5. The first-order valence-corrected chi connectivity index (χ1v) is 7.39. The van der Waals surface area contributed by atoms with Crippen LogP contribution in [0.2, 0.25) is 0 Å². The lowest BCUT2D eigenvalue weighted by Gasteiger charge is -2.42. The Labute approximate surface area is 128 Å². The molecule has 1 unspecified atom stereocenters. The van der Waals surface area contributed by atoms with E-state index in [-0.39, 0.29) is 19.1 Å². The zero-order valence-corrected chi connectivity index (χ0v) is 12.5. The normalized spacial score (nSPS) is 49.5. The molecule has 1 saturated heterocycles. The standard InChI is InChI=1S/C13H26N2O7/c1-20-13-11(19)12(7(4-16)22-13)21-6-2-5(3-14)9(17)10(18)8(6)15/h5-13,16-19H,2-4,14-15H2,1H3/t5-,6-,7+,8-,9+,10+,11+,12+,13?/m0/s1. The minimum absolute atomic E-state index is 0.179. The number of nitrogens with two attached hydrogens (primary N) is 2. The summed E-state index contributed by atoms with van der Waals surface area (Å²) >= 11 is 0. The average Bonchev–Trinajstić information content (AvgIpc) is 2.83. The van der Waals surface area contributed by atoms with Gasteiger partial charge in [-0.15, -0.1) is 0 Å². The second-order valence-electron chi connectivity index (χ2n) is 5.88. The van der Waals surface area contributed by atoms with E-state index in [0.29, 0.717) is 6.42 Å². The second kappa shape index (κ2) is 7.47. The van der Waals surface area contributed by atoms with E-state index in [1.807, 2.05) is 0 Å². The number of ether oxygens (including phenoxy) is 3. The fourth-order valence-electron chi connectivity index (χ4n) is 3.12. The molecule has 0 amide bonds. The van der Waals surface area contributed by atoms with Gasteiger partial charge in [-0.25, -0.2) is 0 Å². The highest BCUT2D eigenvalue weighted by atomic mass is 16.7. The summed E-state index contributed by atoms with van der Waals surface area (Å²) in [4.78, 5) is 0. The Morgan fingerprint density at radius 1 is 1.18 bits per heavy atom. The highest BCUT2D eigenvalue weighted by Gasteiger charge is 2.49. The van der Waals surface area contributed by atoms with Gasteiger partial charge in [-0.1, -0.05) is 0 Å². The third-order valence-corrected chi connectivity index (χ3v) is 4.53. The first-order valence-electron chi connectivity index (χ1n) is 7.39.